The van der Waals surface area contributed by atoms with E-state index in [1.807, 2.05) is 0 Å². The highest BCUT2D eigenvalue weighted by atomic mass is 16.5. The Hall–Kier alpha value is -0.160. The minimum absolute atomic E-state index is 0.151. The second-order valence-corrected chi connectivity index (χ2v) is 5.06. The van der Waals surface area contributed by atoms with Crippen molar-refractivity contribution in [1.29, 1.82) is 0 Å². The standard InChI is InChI=1S/C12H25N3O/c1-2-4-14-5-7-15(8-6-14)12(10-13)3-9-16-11-12/h2-11,13H2,1H3. The number of nitrogens with zero attached hydrogens (tertiary/aromatic N) is 2. The Morgan fingerprint density at radius 3 is 2.50 bits per heavy atom. The van der Waals surface area contributed by atoms with Crippen molar-refractivity contribution in [1.82, 2.24) is 9.80 Å². The van der Waals surface area contributed by atoms with Crippen LogP contribution in [0.2, 0.25) is 0 Å². The molecule has 0 aromatic carbocycles. The van der Waals surface area contributed by atoms with Crippen LogP contribution in [0.3, 0.4) is 0 Å². The van der Waals surface area contributed by atoms with Crippen molar-refractivity contribution in [2.75, 3.05) is 52.5 Å². The highest BCUT2D eigenvalue weighted by Crippen LogP contribution is 2.26. The van der Waals surface area contributed by atoms with Crippen LogP contribution in [0.15, 0.2) is 0 Å². The summed E-state index contributed by atoms with van der Waals surface area (Å²) >= 11 is 0. The van der Waals surface area contributed by atoms with E-state index in [0.717, 1.165) is 39.3 Å². The molecule has 94 valence electrons. The second-order valence-electron chi connectivity index (χ2n) is 5.06. The monoisotopic (exact) mass is 227 g/mol. The molecule has 0 spiro atoms. The highest BCUT2D eigenvalue weighted by Gasteiger charge is 2.40. The first kappa shape index (κ1) is 12.3. The maximum absolute atomic E-state index is 5.96. The van der Waals surface area contributed by atoms with Crippen molar-refractivity contribution >= 4 is 0 Å². The molecule has 4 nitrogen and oxygen atoms in total. The van der Waals surface area contributed by atoms with Gasteiger partial charge in [0.1, 0.15) is 0 Å². The van der Waals surface area contributed by atoms with Gasteiger partial charge in [0.15, 0.2) is 0 Å². The molecule has 2 heterocycles. The van der Waals surface area contributed by atoms with Crippen molar-refractivity contribution in [3.63, 3.8) is 0 Å². The quantitative estimate of drug-likeness (QED) is 0.741. The molecule has 2 saturated heterocycles. The lowest BCUT2D eigenvalue weighted by Crippen LogP contribution is -2.60. The molecule has 0 aliphatic carbocycles. The van der Waals surface area contributed by atoms with Gasteiger partial charge >= 0.3 is 0 Å². The molecule has 16 heavy (non-hydrogen) atoms. The summed E-state index contributed by atoms with van der Waals surface area (Å²) in [7, 11) is 0. The zero-order valence-electron chi connectivity index (χ0n) is 10.5. The summed E-state index contributed by atoms with van der Waals surface area (Å²) in [4.78, 5) is 5.11. The minimum Gasteiger partial charge on any atom is -0.379 e. The molecule has 0 saturated carbocycles. The summed E-state index contributed by atoms with van der Waals surface area (Å²) in [6, 6.07) is 0. The van der Waals surface area contributed by atoms with E-state index in [0.29, 0.717) is 0 Å². The second kappa shape index (κ2) is 5.45. The van der Waals surface area contributed by atoms with Crippen molar-refractivity contribution < 1.29 is 4.74 Å². The number of rotatable bonds is 4. The molecule has 1 atom stereocenters. The third kappa shape index (κ3) is 2.40. The van der Waals surface area contributed by atoms with E-state index >= 15 is 0 Å². The first-order valence-corrected chi connectivity index (χ1v) is 6.56. The molecule has 0 amide bonds. The van der Waals surface area contributed by atoms with Crippen molar-refractivity contribution in [3.05, 3.63) is 0 Å². The lowest BCUT2D eigenvalue weighted by Gasteiger charge is -2.44. The van der Waals surface area contributed by atoms with Crippen LogP contribution in [0.5, 0.6) is 0 Å². The molecule has 1 unspecified atom stereocenters. The third-order valence-electron chi connectivity index (χ3n) is 4.05. The van der Waals surface area contributed by atoms with Crippen LogP contribution in [0.1, 0.15) is 19.8 Å². The Morgan fingerprint density at radius 1 is 1.25 bits per heavy atom. The Bertz CT molecular complexity index is 208. The Morgan fingerprint density at radius 2 is 2.00 bits per heavy atom. The molecular weight excluding hydrogens is 202 g/mol. The molecule has 0 aromatic rings. The van der Waals surface area contributed by atoms with Crippen LogP contribution in [-0.2, 0) is 4.74 Å². The van der Waals surface area contributed by atoms with Gasteiger partial charge in [-0.3, -0.25) is 4.90 Å². The minimum atomic E-state index is 0.151. The molecule has 2 N–H and O–H groups in total. The van der Waals surface area contributed by atoms with Crippen molar-refractivity contribution in [3.8, 4) is 0 Å². The highest BCUT2D eigenvalue weighted by molar-refractivity contribution is 4.96. The van der Waals surface area contributed by atoms with E-state index in [9.17, 15) is 0 Å². The summed E-state index contributed by atoms with van der Waals surface area (Å²) in [5.74, 6) is 0. The number of ether oxygens (including phenoxy) is 1. The Kier molecular flexibility index (Phi) is 4.19. The van der Waals surface area contributed by atoms with Gasteiger partial charge in [0.2, 0.25) is 0 Å². The summed E-state index contributed by atoms with van der Waals surface area (Å²) in [5, 5.41) is 0. The van der Waals surface area contributed by atoms with Gasteiger partial charge in [-0.15, -0.1) is 0 Å². The van der Waals surface area contributed by atoms with Crippen LogP contribution < -0.4 is 5.73 Å². The Balaban J connectivity index is 1.87. The van der Waals surface area contributed by atoms with Gasteiger partial charge in [-0.2, -0.15) is 0 Å². The first-order valence-electron chi connectivity index (χ1n) is 6.56. The van der Waals surface area contributed by atoms with Crippen LogP contribution in [0, 0.1) is 0 Å². The lowest BCUT2D eigenvalue weighted by molar-refractivity contribution is 0.0275. The third-order valence-corrected chi connectivity index (χ3v) is 4.05. The summed E-state index contributed by atoms with van der Waals surface area (Å²) < 4.78 is 5.54. The van der Waals surface area contributed by atoms with E-state index < -0.39 is 0 Å². The summed E-state index contributed by atoms with van der Waals surface area (Å²) in [5.41, 5.74) is 6.11. The molecule has 0 bridgehead atoms. The van der Waals surface area contributed by atoms with Gasteiger partial charge in [0.25, 0.3) is 0 Å². The van der Waals surface area contributed by atoms with E-state index in [4.69, 9.17) is 10.5 Å². The molecular formula is C12H25N3O. The maximum atomic E-state index is 5.96. The predicted molar refractivity (Wildman–Crippen MR) is 65.5 cm³/mol. The lowest BCUT2D eigenvalue weighted by atomic mass is 9.95. The van der Waals surface area contributed by atoms with Gasteiger partial charge in [-0.1, -0.05) is 6.92 Å². The van der Waals surface area contributed by atoms with Crippen LogP contribution >= 0.6 is 0 Å². The smallest absolute Gasteiger partial charge is 0.0663 e. The van der Waals surface area contributed by atoms with Crippen LogP contribution in [0.25, 0.3) is 0 Å². The number of hydrogen-bond donors (Lipinski definition) is 1. The molecule has 0 aromatic heterocycles. The molecule has 0 radical (unpaired) electrons. The van der Waals surface area contributed by atoms with Crippen LogP contribution in [-0.4, -0.2) is 67.8 Å². The van der Waals surface area contributed by atoms with Gasteiger partial charge < -0.3 is 15.4 Å². The zero-order chi connectivity index (χ0) is 11.4. The fourth-order valence-corrected chi connectivity index (χ4v) is 2.90. The average Bonchev–Trinajstić information content (AvgIpc) is 2.80. The van der Waals surface area contributed by atoms with E-state index in [1.165, 1.54) is 26.1 Å². The van der Waals surface area contributed by atoms with E-state index in [2.05, 4.69) is 16.7 Å². The van der Waals surface area contributed by atoms with Crippen LogP contribution in [0.4, 0.5) is 0 Å². The normalized spacial score (nSPS) is 33.4. The molecule has 4 heteroatoms. The number of nitrogens with two attached hydrogens (primary N) is 1. The largest absolute Gasteiger partial charge is 0.379 e. The fourth-order valence-electron chi connectivity index (χ4n) is 2.90. The molecule has 2 aliphatic rings. The van der Waals surface area contributed by atoms with Gasteiger partial charge in [0, 0.05) is 39.3 Å². The first-order chi connectivity index (χ1) is 7.80. The van der Waals surface area contributed by atoms with Crippen molar-refractivity contribution in [2.45, 2.75) is 25.3 Å². The number of piperazine rings is 1. The van der Waals surface area contributed by atoms with Crippen molar-refractivity contribution in [2.24, 2.45) is 5.73 Å². The molecule has 2 aliphatic heterocycles. The molecule has 2 rings (SSSR count). The van der Waals surface area contributed by atoms with E-state index in [-0.39, 0.29) is 5.54 Å². The fraction of sp³-hybridized carbons (Fsp3) is 1.00. The summed E-state index contributed by atoms with van der Waals surface area (Å²) in [6.45, 7) is 10.6. The zero-order valence-corrected chi connectivity index (χ0v) is 10.5. The maximum Gasteiger partial charge on any atom is 0.0663 e. The van der Waals surface area contributed by atoms with Gasteiger partial charge in [-0.25, -0.2) is 0 Å². The SMILES string of the molecule is CCCN1CCN(C2(CN)CCOC2)CC1. The van der Waals surface area contributed by atoms with E-state index in [1.54, 1.807) is 0 Å². The number of hydrogen-bond acceptors (Lipinski definition) is 4. The van der Waals surface area contributed by atoms with Gasteiger partial charge in [-0.05, 0) is 19.4 Å². The summed E-state index contributed by atoms with van der Waals surface area (Å²) in [6.07, 6.45) is 2.36. The average molecular weight is 227 g/mol. The topological polar surface area (TPSA) is 41.7 Å². The Labute approximate surface area is 98.7 Å². The van der Waals surface area contributed by atoms with Gasteiger partial charge in [0.05, 0.1) is 12.1 Å². The predicted octanol–water partition coefficient (Wildman–Crippen LogP) is 0.132. The molecule has 2 fully saturated rings.